The molecule has 4 rings (SSSR count). The standard InChI is InChI=1S/C19H24BrN3O2/c1-22(2)14-6-8-18(9-7-14)11-12-4-5-13(20)10-15(12)19(18)16(24)23(3)17(25)21-19/h4-5,10,14H,6-9,11H2,1-3H3,(H,21,25). The molecule has 0 bridgehead atoms. The zero-order valence-electron chi connectivity index (χ0n) is 14.9. The lowest BCUT2D eigenvalue weighted by atomic mass is 9.61. The number of fused-ring (bicyclic) bond motifs is 3. The Labute approximate surface area is 156 Å². The molecule has 0 radical (unpaired) electrons. The fourth-order valence-electron chi connectivity index (χ4n) is 5.24. The van der Waals surface area contributed by atoms with Crippen molar-refractivity contribution in [3.8, 4) is 0 Å². The van der Waals surface area contributed by atoms with Gasteiger partial charge in [0.2, 0.25) is 0 Å². The molecule has 1 heterocycles. The van der Waals surface area contributed by atoms with E-state index >= 15 is 0 Å². The number of rotatable bonds is 1. The quantitative estimate of drug-likeness (QED) is 0.730. The molecule has 1 unspecified atom stereocenters. The number of halogens is 1. The summed E-state index contributed by atoms with van der Waals surface area (Å²) in [7, 11) is 5.83. The van der Waals surface area contributed by atoms with Crippen LogP contribution in [0.5, 0.6) is 0 Å². The second-order valence-corrected chi connectivity index (χ2v) is 8.91. The van der Waals surface area contributed by atoms with Crippen LogP contribution in [0.15, 0.2) is 22.7 Å². The molecule has 1 aromatic carbocycles. The van der Waals surface area contributed by atoms with Crippen molar-refractivity contribution in [1.82, 2.24) is 15.1 Å². The van der Waals surface area contributed by atoms with Crippen LogP contribution in [0.2, 0.25) is 0 Å². The number of nitrogens with zero attached hydrogens (tertiary/aromatic N) is 2. The lowest BCUT2D eigenvalue weighted by molar-refractivity contribution is -0.137. The molecule has 1 saturated heterocycles. The summed E-state index contributed by atoms with van der Waals surface area (Å²) >= 11 is 3.54. The number of imide groups is 1. The summed E-state index contributed by atoms with van der Waals surface area (Å²) in [6.07, 6.45) is 4.85. The molecule has 25 heavy (non-hydrogen) atoms. The fraction of sp³-hybridized carbons (Fsp3) is 0.579. The van der Waals surface area contributed by atoms with E-state index in [0.29, 0.717) is 6.04 Å². The Hall–Kier alpha value is -1.40. The molecular formula is C19H24BrN3O2. The van der Waals surface area contributed by atoms with Crippen molar-refractivity contribution in [3.63, 3.8) is 0 Å². The molecule has 5 nitrogen and oxygen atoms in total. The molecule has 3 aliphatic rings. The van der Waals surface area contributed by atoms with Crippen molar-refractivity contribution < 1.29 is 9.59 Å². The largest absolute Gasteiger partial charge is 0.325 e. The van der Waals surface area contributed by atoms with E-state index < -0.39 is 5.54 Å². The lowest BCUT2D eigenvalue weighted by Gasteiger charge is -2.47. The van der Waals surface area contributed by atoms with Gasteiger partial charge in [0.15, 0.2) is 5.54 Å². The summed E-state index contributed by atoms with van der Waals surface area (Å²) in [6, 6.07) is 6.42. The molecule has 1 N–H and O–H groups in total. The van der Waals surface area contributed by atoms with Crippen LogP contribution in [0, 0.1) is 5.41 Å². The van der Waals surface area contributed by atoms with Gasteiger partial charge in [-0.3, -0.25) is 9.69 Å². The summed E-state index contributed by atoms with van der Waals surface area (Å²) in [5, 5.41) is 3.12. The van der Waals surface area contributed by atoms with Crippen LogP contribution in [0.1, 0.15) is 36.8 Å². The van der Waals surface area contributed by atoms with Gasteiger partial charge in [-0.25, -0.2) is 4.79 Å². The number of urea groups is 1. The highest BCUT2D eigenvalue weighted by atomic mass is 79.9. The van der Waals surface area contributed by atoms with Gasteiger partial charge >= 0.3 is 6.03 Å². The van der Waals surface area contributed by atoms with E-state index in [1.807, 2.05) is 12.1 Å². The summed E-state index contributed by atoms with van der Waals surface area (Å²) in [5.74, 6) is -0.0994. The minimum Gasteiger partial charge on any atom is -0.319 e. The molecule has 6 heteroatoms. The predicted octanol–water partition coefficient (Wildman–Crippen LogP) is 2.87. The lowest BCUT2D eigenvalue weighted by Crippen LogP contribution is -2.57. The van der Waals surface area contributed by atoms with Gasteiger partial charge in [0.1, 0.15) is 0 Å². The van der Waals surface area contributed by atoms with Gasteiger partial charge in [-0.2, -0.15) is 0 Å². The molecule has 2 aliphatic carbocycles. The van der Waals surface area contributed by atoms with Gasteiger partial charge in [0, 0.05) is 23.0 Å². The first-order valence-electron chi connectivity index (χ1n) is 8.86. The van der Waals surface area contributed by atoms with Crippen LogP contribution >= 0.6 is 15.9 Å². The first-order valence-corrected chi connectivity index (χ1v) is 9.66. The summed E-state index contributed by atoms with van der Waals surface area (Å²) in [6.45, 7) is 0. The van der Waals surface area contributed by atoms with E-state index in [1.54, 1.807) is 7.05 Å². The number of hydrogen-bond donors (Lipinski definition) is 1. The van der Waals surface area contributed by atoms with E-state index in [4.69, 9.17) is 0 Å². The van der Waals surface area contributed by atoms with Crippen LogP contribution in [0.3, 0.4) is 0 Å². The smallest absolute Gasteiger partial charge is 0.319 e. The maximum absolute atomic E-state index is 13.3. The van der Waals surface area contributed by atoms with Crippen molar-refractivity contribution in [2.24, 2.45) is 5.41 Å². The summed E-state index contributed by atoms with van der Waals surface area (Å²) < 4.78 is 0.946. The first-order chi connectivity index (χ1) is 11.8. The molecule has 3 amide bonds. The highest BCUT2D eigenvalue weighted by Gasteiger charge is 2.67. The van der Waals surface area contributed by atoms with Crippen LogP contribution in [-0.2, 0) is 16.8 Å². The molecular weight excluding hydrogens is 382 g/mol. The van der Waals surface area contributed by atoms with E-state index in [-0.39, 0.29) is 17.4 Å². The zero-order chi connectivity index (χ0) is 18.0. The monoisotopic (exact) mass is 405 g/mol. The maximum atomic E-state index is 13.3. The molecule has 1 aromatic rings. The van der Waals surface area contributed by atoms with Crippen LogP contribution in [-0.4, -0.2) is 48.9 Å². The van der Waals surface area contributed by atoms with Gasteiger partial charge < -0.3 is 10.2 Å². The fourth-order valence-corrected chi connectivity index (χ4v) is 5.60. The molecule has 1 aliphatic heterocycles. The third-order valence-electron chi connectivity index (χ3n) is 6.67. The normalized spacial score (nSPS) is 34.3. The molecule has 134 valence electrons. The van der Waals surface area contributed by atoms with E-state index in [2.05, 4.69) is 46.3 Å². The molecule has 0 aromatic heterocycles. The zero-order valence-corrected chi connectivity index (χ0v) is 16.5. The number of carbonyl (C=O) groups excluding carboxylic acids is 2. The second kappa shape index (κ2) is 5.55. The van der Waals surface area contributed by atoms with E-state index in [0.717, 1.165) is 42.1 Å². The van der Waals surface area contributed by atoms with Crippen LogP contribution < -0.4 is 5.32 Å². The van der Waals surface area contributed by atoms with Crippen LogP contribution in [0.25, 0.3) is 0 Å². The average Bonchev–Trinajstić information content (AvgIpc) is 2.97. The number of nitrogens with one attached hydrogen (secondary N) is 1. The molecule has 2 spiro atoms. The Bertz CT molecular complexity index is 755. The third kappa shape index (κ3) is 2.16. The molecule has 1 atom stereocenters. The molecule has 1 saturated carbocycles. The van der Waals surface area contributed by atoms with Crippen molar-refractivity contribution in [1.29, 1.82) is 0 Å². The highest BCUT2D eigenvalue weighted by molar-refractivity contribution is 9.10. The number of benzene rings is 1. The van der Waals surface area contributed by atoms with Crippen molar-refractivity contribution in [2.45, 2.75) is 43.7 Å². The maximum Gasteiger partial charge on any atom is 0.325 e. The first kappa shape index (κ1) is 17.0. The summed E-state index contributed by atoms with van der Waals surface area (Å²) in [4.78, 5) is 29.3. The van der Waals surface area contributed by atoms with Gasteiger partial charge in [0.25, 0.3) is 5.91 Å². The minimum absolute atomic E-state index is 0.0994. The number of amides is 3. The van der Waals surface area contributed by atoms with Crippen LogP contribution in [0.4, 0.5) is 4.79 Å². The third-order valence-corrected chi connectivity index (χ3v) is 7.16. The minimum atomic E-state index is -0.908. The van der Waals surface area contributed by atoms with Gasteiger partial charge in [0.05, 0.1) is 0 Å². The average molecular weight is 406 g/mol. The van der Waals surface area contributed by atoms with Crippen molar-refractivity contribution in [3.05, 3.63) is 33.8 Å². The Balaban J connectivity index is 1.84. The van der Waals surface area contributed by atoms with Gasteiger partial charge in [-0.05, 0) is 69.5 Å². The number of carbonyl (C=O) groups is 2. The Morgan fingerprint density at radius 2 is 1.92 bits per heavy atom. The second-order valence-electron chi connectivity index (χ2n) is 8.00. The Morgan fingerprint density at radius 3 is 2.48 bits per heavy atom. The van der Waals surface area contributed by atoms with E-state index in [9.17, 15) is 9.59 Å². The topological polar surface area (TPSA) is 52.7 Å². The molecule has 2 fully saturated rings. The van der Waals surface area contributed by atoms with Crippen molar-refractivity contribution >= 4 is 27.9 Å². The number of likely N-dealkylation sites (N-methyl/N-ethyl adjacent to an activating group) is 1. The predicted molar refractivity (Wildman–Crippen MR) is 99.2 cm³/mol. The van der Waals surface area contributed by atoms with Gasteiger partial charge in [-0.1, -0.05) is 22.0 Å². The summed E-state index contributed by atoms with van der Waals surface area (Å²) in [5.41, 5.74) is 1.04. The van der Waals surface area contributed by atoms with Crippen molar-refractivity contribution in [2.75, 3.05) is 21.1 Å². The van der Waals surface area contributed by atoms with Gasteiger partial charge in [-0.15, -0.1) is 0 Å². The van der Waals surface area contributed by atoms with E-state index in [1.165, 1.54) is 10.5 Å². The number of hydrogen-bond acceptors (Lipinski definition) is 3. The Kier molecular flexibility index (Phi) is 3.78. The highest BCUT2D eigenvalue weighted by Crippen LogP contribution is 2.60. The SMILES string of the molecule is CN1C(=O)NC2(C1=O)c1cc(Br)ccc1CC21CCC(N(C)C)CC1. The Morgan fingerprint density at radius 1 is 1.24 bits per heavy atom.